The fourth-order valence-corrected chi connectivity index (χ4v) is 3.07. The van der Waals surface area contributed by atoms with E-state index >= 15 is 0 Å². The Bertz CT molecular complexity index is 1150. The predicted molar refractivity (Wildman–Crippen MR) is 109 cm³/mol. The van der Waals surface area contributed by atoms with Crippen molar-refractivity contribution in [2.24, 2.45) is 0 Å². The quantitative estimate of drug-likeness (QED) is 0.533. The molecule has 0 amide bonds. The largest absolute Gasteiger partial charge is 0.494 e. The van der Waals surface area contributed by atoms with Crippen LogP contribution in [-0.2, 0) is 0 Å². The number of nitrogens with zero attached hydrogens (tertiary/aromatic N) is 5. The number of hydrogen-bond donors (Lipinski definition) is 1. The SMILES string of the molecule is CCOc1cccc(-c2nc3nc(N)cnc3n2-c2c(OC)cccc2OC)n1. The molecule has 0 aliphatic heterocycles. The molecule has 3 heterocycles. The van der Waals surface area contributed by atoms with Gasteiger partial charge in [-0.05, 0) is 25.1 Å². The van der Waals surface area contributed by atoms with E-state index in [1.807, 2.05) is 37.3 Å². The number of ether oxygens (including phenoxy) is 3. The van der Waals surface area contributed by atoms with Crippen LogP contribution in [0.25, 0.3) is 28.5 Å². The first-order valence-electron chi connectivity index (χ1n) is 8.98. The number of para-hydroxylation sites is 1. The van der Waals surface area contributed by atoms with Gasteiger partial charge in [-0.25, -0.2) is 19.9 Å². The second kappa shape index (κ2) is 7.63. The number of anilines is 1. The van der Waals surface area contributed by atoms with Gasteiger partial charge in [0.15, 0.2) is 17.1 Å². The summed E-state index contributed by atoms with van der Waals surface area (Å²) in [6.07, 6.45) is 1.48. The third kappa shape index (κ3) is 3.27. The Kier molecular flexibility index (Phi) is 4.86. The van der Waals surface area contributed by atoms with E-state index in [2.05, 4.69) is 19.9 Å². The molecule has 2 N–H and O–H groups in total. The molecule has 1 aromatic carbocycles. The van der Waals surface area contributed by atoms with Gasteiger partial charge in [0.1, 0.15) is 28.7 Å². The van der Waals surface area contributed by atoms with E-state index in [1.54, 1.807) is 24.9 Å². The van der Waals surface area contributed by atoms with Crippen molar-refractivity contribution in [2.45, 2.75) is 6.92 Å². The van der Waals surface area contributed by atoms with Crippen LogP contribution in [0.15, 0.2) is 42.6 Å². The minimum atomic E-state index is 0.275. The van der Waals surface area contributed by atoms with E-state index in [0.29, 0.717) is 52.5 Å². The molecule has 0 aliphatic rings. The van der Waals surface area contributed by atoms with Crippen LogP contribution in [0.3, 0.4) is 0 Å². The van der Waals surface area contributed by atoms with Crippen molar-refractivity contribution in [3.63, 3.8) is 0 Å². The second-order valence-electron chi connectivity index (χ2n) is 6.02. The van der Waals surface area contributed by atoms with Gasteiger partial charge in [0, 0.05) is 6.07 Å². The van der Waals surface area contributed by atoms with Gasteiger partial charge in [0.25, 0.3) is 0 Å². The highest BCUT2D eigenvalue weighted by atomic mass is 16.5. The van der Waals surface area contributed by atoms with Gasteiger partial charge in [0.2, 0.25) is 5.88 Å². The molecule has 148 valence electrons. The van der Waals surface area contributed by atoms with Crippen LogP contribution in [0.5, 0.6) is 17.4 Å². The summed E-state index contributed by atoms with van der Waals surface area (Å²) in [6.45, 7) is 2.41. The van der Waals surface area contributed by atoms with Crippen LogP contribution in [-0.4, -0.2) is 45.3 Å². The molecule has 0 saturated carbocycles. The molecule has 0 unspecified atom stereocenters. The summed E-state index contributed by atoms with van der Waals surface area (Å²) in [5.41, 5.74) is 7.94. The fourth-order valence-electron chi connectivity index (χ4n) is 3.07. The van der Waals surface area contributed by atoms with Crippen molar-refractivity contribution >= 4 is 17.1 Å². The maximum atomic E-state index is 5.83. The first kappa shape index (κ1) is 18.5. The standard InChI is InChI=1S/C20H20N6O3/c1-4-29-16-10-5-7-12(23-16)19-25-18-20(22-11-15(21)24-18)26(19)17-13(27-2)8-6-9-14(17)28-3/h5-11H,4H2,1-3H3,(H2,21,24). The third-order valence-corrected chi connectivity index (χ3v) is 4.26. The zero-order chi connectivity index (χ0) is 20.4. The Hall–Kier alpha value is -3.88. The van der Waals surface area contributed by atoms with Crippen LogP contribution in [0.1, 0.15) is 6.92 Å². The molecule has 0 bridgehead atoms. The highest BCUT2D eigenvalue weighted by Crippen LogP contribution is 2.37. The van der Waals surface area contributed by atoms with E-state index in [0.717, 1.165) is 0 Å². The molecule has 0 fully saturated rings. The lowest BCUT2D eigenvalue weighted by atomic mass is 10.2. The molecule has 0 radical (unpaired) electrons. The average Bonchev–Trinajstić information content (AvgIpc) is 3.11. The van der Waals surface area contributed by atoms with Gasteiger partial charge in [0.05, 0.1) is 27.0 Å². The second-order valence-corrected chi connectivity index (χ2v) is 6.02. The number of fused-ring (bicyclic) bond motifs is 1. The minimum absolute atomic E-state index is 0.275. The van der Waals surface area contributed by atoms with Crippen molar-refractivity contribution in [1.82, 2.24) is 24.5 Å². The maximum absolute atomic E-state index is 5.83. The summed E-state index contributed by atoms with van der Waals surface area (Å²) in [7, 11) is 3.18. The fraction of sp³-hybridized carbons (Fsp3) is 0.200. The number of pyridine rings is 1. The average molecular weight is 392 g/mol. The Balaban J connectivity index is 2.06. The minimum Gasteiger partial charge on any atom is -0.494 e. The molecule has 3 aromatic heterocycles. The molecule has 0 aliphatic carbocycles. The van der Waals surface area contributed by atoms with E-state index < -0.39 is 0 Å². The summed E-state index contributed by atoms with van der Waals surface area (Å²) >= 11 is 0. The molecule has 9 heteroatoms. The van der Waals surface area contributed by atoms with Crippen LogP contribution in [0, 0.1) is 0 Å². The van der Waals surface area contributed by atoms with E-state index in [-0.39, 0.29) is 5.82 Å². The van der Waals surface area contributed by atoms with Crippen LogP contribution >= 0.6 is 0 Å². The van der Waals surface area contributed by atoms with Gasteiger partial charge in [-0.1, -0.05) is 12.1 Å². The lowest BCUT2D eigenvalue weighted by molar-refractivity contribution is 0.327. The van der Waals surface area contributed by atoms with Crippen molar-refractivity contribution < 1.29 is 14.2 Å². The summed E-state index contributed by atoms with van der Waals surface area (Å²) in [6, 6.07) is 11.0. The molecule has 0 spiro atoms. The normalized spacial score (nSPS) is 10.9. The Morgan fingerprint density at radius 1 is 0.966 bits per heavy atom. The summed E-state index contributed by atoms with van der Waals surface area (Å²) in [5, 5.41) is 0. The van der Waals surface area contributed by atoms with Crippen LogP contribution in [0.2, 0.25) is 0 Å². The maximum Gasteiger partial charge on any atom is 0.213 e. The molecule has 0 atom stereocenters. The van der Waals surface area contributed by atoms with Crippen LogP contribution < -0.4 is 19.9 Å². The Morgan fingerprint density at radius 3 is 2.38 bits per heavy atom. The summed E-state index contributed by atoms with van der Waals surface area (Å²) < 4.78 is 18.5. The highest BCUT2D eigenvalue weighted by Gasteiger charge is 2.23. The molecule has 4 rings (SSSR count). The summed E-state index contributed by atoms with van der Waals surface area (Å²) in [5.74, 6) is 2.46. The number of nitrogen functional groups attached to an aromatic ring is 1. The van der Waals surface area contributed by atoms with Gasteiger partial charge < -0.3 is 19.9 Å². The Labute approximate surface area is 167 Å². The molecular formula is C20H20N6O3. The number of hydrogen-bond acceptors (Lipinski definition) is 8. The lowest BCUT2D eigenvalue weighted by Crippen LogP contribution is -2.05. The number of aromatic nitrogens is 5. The van der Waals surface area contributed by atoms with Crippen molar-refractivity contribution in [3.05, 3.63) is 42.6 Å². The van der Waals surface area contributed by atoms with Gasteiger partial charge in [-0.2, -0.15) is 0 Å². The number of rotatable bonds is 6. The predicted octanol–water partition coefficient (Wildman–Crippen LogP) is 2.88. The highest BCUT2D eigenvalue weighted by molar-refractivity contribution is 5.79. The van der Waals surface area contributed by atoms with E-state index in [9.17, 15) is 0 Å². The van der Waals surface area contributed by atoms with Crippen LogP contribution in [0.4, 0.5) is 5.82 Å². The smallest absolute Gasteiger partial charge is 0.213 e. The number of imidazole rings is 1. The number of benzene rings is 1. The first-order valence-corrected chi connectivity index (χ1v) is 8.98. The first-order chi connectivity index (χ1) is 14.2. The number of nitrogens with two attached hydrogens (primary N) is 1. The monoisotopic (exact) mass is 392 g/mol. The molecule has 4 aromatic rings. The topological polar surface area (TPSA) is 110 Å². The molecule has 9 nitrogen and oxygen atoms in total. The van der Waals surface area contributed by atoms with Gasteiger partial charge in [-0.15, -0.1) is 0 Å². The third-order valence-electron chi connectivity index (χ3n) is 4.26. The van der Waals surface area contributed by atoms with Gasteiger partial charge in [-0.3, -0.25) is 4.57 Å². The summed E-state index contributed by atoms with van der Waals surface area (Å²) in [4.78, 5) is 18.0. The lowest BCUT2D eigenvalue weighted by Gasteiger charge is -2.16. The van der Waals surface area contributed by atoms with Crippen molar-refractivity contribution in [2.75, 3.05) is 26.6 Å². The molecular weight excluding hydrogens is 372 g/mol. The number of methoxy groups -OCH3 is 2. The molecule has 29 heavy (non-hydrogen) atoms. The van der Waals surface area contributed by atoms with E-state index in [4.69, 9.17) is 19.9 Å². The molecule has 0 saturated heterocycles. The van der Waals surface area contributed by atoms with E-state index in [1.165, 1.54) is 6.20 Å². The Morgan fingerprint density at radius 2 is 1.69 bits per heavy atom. The zero-order valence-electron chi connectivity index (χ0n) is 16.3. The van der Waals surface area contributed by atoms with Crippen molar-refractivity contribution in [3.8, 4) is 34.6 Å². The van der Waals surface area contributed by atoms with Crippen molar-refractivity contribution in [1.29, 1.82) is 0 Å². The zero-order valence-corrected chi connectivity index (χ0v) is 16.3. The van der Waals surface area contributed by atoms with Gasteiger partial charge >= 0.3 is 0 Å².